The Labute approximate surface area is 134 Å². The average Bonchev–Trinajstić information content (AvgIpc) is 2.69. The predicted octanol–water partition coefficient (Wildman–Crippen LogP) is 4.25. The van der Waals surface area contributed by atoms with Crippen molar-refractivity contribution in [2.45, 2.75) is 44.6 Å². The minimum atomic E-state index is -0.254. The first-order chi connectivity index (χ1) is 10.1. The molecule has 6 heteroatoms. The van der Waals surface area contributed by atoms with E-state index in [0.717, 1.165) is 12.8 Å². The summed E-state index contributed by atoms with van der Waals surface area (Å²) in [6.45, 7) is 0.0169. The van der Waals surface area contributed by atoms with E-state index in [4.69, 9.17) is 33.7 Å². The molecule has 0 bridgehead atoms. The highest BCUT2D eigenvalue weighted by atomic mass is 35.5. The summed E-state index contributed by atoms with van der Waals surface area (Å²) in [6, 6.07) is 3.09. The highest BCUT2D eigenvalue weighted by Gasteiger charge is 2.15. The van der Waals surface area contributed by atoms with E-state index >= 15 is 0 Å². The zero-order valence-electron chi connectivity index (χ0n) is 11.8. The molecule has 116 valence electrons. The van der Waals surface area contributed by atoms with Crippen molar-refractivity contribution in [3.05, 3.63) is 22.2 Å². The molecule has 1 aromatic rings. The van der Waals surface area contributed by atoms with Gasteiger partial charge in [-0.3, -0.25) is 4.79 Å². The number of ether oxygens (including phenoxy) is 1. The normalized spacial score (nSPS) is 16.5. The molecule has 0 heterocycles. The van der Waals surface area contributed by atoms with Crippen molar-refractivity contribution in [2.75, 3.05) is 17.7 Å². The Hall–Kier alpha value is -0.970. The predicted molar refractivity (Wildman–Crippen MR) is 86.9 cm³/mol. The first kappa shape index (κ1) is 16.4. The number of rotatable bonds is 4. The standard InChI is InChI=1S/C15H20Cl2N2O2/c16-10-7-12(17)15(13(18)8-10)19-14(20)9-21-11-5-3-1-2-4-6-11/h7-8,11H,1-6,9,18H2,(H,19,20). The van der Waals surface area contributed by atoms with E-state index in [1.807, 2.05) is 0 Å². The van der Waals surface area contributed by atoms with Crippen LogP contribution in [0.15, 0.2) is 12.1 Å². The van der Waals surface area contributed by atoms with Gasteiger partial charge >= 0.3 is 0 Å². The molecule has 1 fully saturated rings. The van der Waals surface area contributed by atoms with Crippen molar-refractivity contribution in [1.82, 2.24) is 0 Å². The van der Waals surface area contributed by atoms with Crippen LogP contribution in [0.25, 0.3) is 0 Å². The lowest BCUT2D eigenvalue weighted by atomic mass is 10.1. The van der Waals surface area contributed by atoms with Gasteiger partial charge in [-0.2, -0.15) is 0 Å². The van der Waals surface area contributed by atoms with Gasteiger partial charge in [-0.15, -0.1) is 0 Å². The second-order valence-corrected chi connectivity index (χ2v) is 6.17. The van der Waals surface area contributed by atoms with Gasteiger partial charge in [0.25, 0.3) is 0 Å². The van der Waals surface area contributed by atoms with Crippen molar-refractivity contribution in [3.8, 4) is 0 Å². The van der Waals surface area contributed by atoms with Gasteiger partial charge in [-0.05, 0) is 25.0 Å². The van der Waals surface area contributed by atoms with Crippen LogP contribution in [0.2, 0.25) is 10.0 Å². The second-order valence-electron chi connectivity index (χ2n) is 5.32. The number of carbonyl (C=O) groups excluding carboxylic acids is 1. The van der Waals surface area contributed by atoms with Gasteiger partial charge in [0.1, 0.15) is 6.61 Å². The van der Waals surface area contributed by atoms with Crippen molar-refractivity contribution in [2.24, 2.45) is 0 Å². The summed E-state index contributed by atoms with van der Waals surface area (Å²) >= 11 is 11.9. The molecule has 0 unspecified atom stereocenters. The first-order valence-electron chi connectivity index (χ1n) is 7.22. The summed E-state index contributed by atoms with van der Waals surface area (Å²) in [5.41, 5.74) is 6.53. The van der Waals surface area contributed by atoms with E-state index in [9.17, 15) is 4.79 Å². The monoisotopic (exact) mass is 330 g/mol. The molecular weight excluding hydrogens is 311 g/mol. The molecule has 1 saturated carbocycles. The van der Waals surface area contributed by atoms with E-state index in [-0.39, 0.29) is 18.6 Å². The van der Waals surface area contributed by atoms with Crippen LogP contribution >= 0.6 is 23.2 Å². The zero-order valence-corrected chi connectivity index (χ0v) is 13.3. The number of nitrogen functional groups attached to an aromatic ring is 1. The van der Waals surface area contributed by atoms with Crippen molar-refractivity contribution >= 4 is 40.5 Å². The van der Waals surface area contributed by atoms with Crippen LogP contribution in [0, 0.1) is 0 Å². The molecule has 1 amide bonds. The Morgan fingerprint density at radius 3 is 2.52 bits per heavy atom. The summed E-state index contributed by atoms with van der Waals surface area (Å²) in [4.78, 5) is 11.9. The molecule has 0 spiro atoms. The summed E-state index contributed by atoms with van der Waals surface area (Å²) in [5, 5.41) is 3.44. The number of carbonyl (C=O) groups is 1. The van der Waals surface area contributed by atoms with Gasteiger partial charge in [-0.1, -0.05) is 48.9 Å². The minimum absolute atomic E-state index is 0.0169. The Balaban J connectivity index is 1.87. The van der Waals surface area contributed by atoms with E-state index in [2.05, 4.69) is 5.32 Å². The summed E-state index contributed by atoms with van der Waals surface area (Å²) in [5.74, 6) is -0.254. The van der Waals surface area contributed by atoms with Crippen molar-refractivity contribution < 1.29 is 9.53 Å². The molecule has 3 N–H and O–H groups in total. The van der Waals surface area contributed by atoms with Crippen molar-refractivity contribution in [1.29, 1.82) is 0 Å². The van der Waals surface area contributed by atoms with Gasteiger partial charge in [0, 0.05) is 5.02 Å². The lowest BCUT2D eigenvalue weighted by Crippen LogP contribution is -2.23. The van der Waals surface area contributed by atoms with Crippen molar-refractivity contribution in [3.63, 3.8) is 0 Å². The third kappa shape index (κ3) is 5.06. The Morgan fingerprint density at radius 2 is 1.90 bits per heavy atom. The lowest BCUT2D eigenvalue weighted by molar-refractivity contribution is -0.122. The Kier molecular flexibility index (Phi) is 6.15. The summed E-state index contributed by atoms with van der Waals surface area (Å²) < 4.78 is 5.68. The fourth-order valence-electron chi connectivity index (χ4n) is 2.50. The number of benzene rings is 1. The topological polar surface area (TPSA) is 64.3 Å². The smallest absolute Gasteiger partial charge is 0.250 e. The molecule has 21 heavy (non-hydrogen) atoms. The Bertz CT molecular complexity index is 477. The van der Waals surface area contributed by atoms with Crippen LogP contribution in [0.4, 0.5) is 11.4 Å². The molecule has 2 rings (SSSR count). The molecule has 0 radical (unpaired) electrons. The zero-order chi connectivity index (χ0) is 15.2. The quantitative estimate of drug-likeness (QED) is 0.640. The number of hydrogen-bond donors (Lipinski definition) is 2. The van der Waals surface area contributed by atoms with E-state index < -0.39 is 0 Å². The SMILES string of the molecule is Nc1cc(Cl)cc(Cl)c1NC(=O)COC1CCCCCC1. The van der Waals surface area contributed by atoms with Crippen LogP contribution in [0.3, 0.4) is 0 Å². The van der Waals surface area contributed by atoms with Crippen LogP contribution in [-0.4, -0.2) is 18.6 Å². The maximum absolute atomic E-state index is 11.9. The van der Waals surface area contributed by atoms with E-state index in [1.54, 1.807) is 12.1 Å². The van der Waals surface area contributed by atoms with Crippen LogP contribution in [-0.2, 0) is 9.53 Å². The highest BCUT2D eigenvalue weighted by Crippen LogP contribution is 2.32. The van der Waals surface area contributed by atoms with Gasteiger partial charge in [-0.25, -0.2) is 0 Å². The van der Waals surface area contributed by atoms with Crippen LogP contribution < -0.4 is 11.1 Å². The molecular formula is C15H20Cl2N2O2. The fourth-order valence-corrected chi connectivity index (χ4v) is 3.06. The number of halogens is 2. The number of hydrogen-bond acceptors (Lipinski definition) is 3. The molecule has 1 aliphatic rings. The molecule has 1 aromatic carbocycles. The van der Waals surface area contributed by atoms with Gasteiger partial charge in [0.15, 0.2) is 0 Å². The fraction of sp³-hybridized carbons (Fsp3) is 0.533. The Morgan fingerprint density at radius 1 is 1.24 bits per heavy atom. The third-order valence-corrected chi connectivity index (χ3v) is 4.12. The lowest BCUT2D eigenvalue weighted by Gasteiger charge is -2.16. The number of nitrogens with one attached hydrogen (secondary N) is 1. The number of anilines is 2. The molecule has 0 aromatic heterocycles. The third-order valence-electron chi connectivity index (χ3n) is 3.60. The van der Waals surface area contributed by atoms with Crippen LogP contribution in [0.5, 0.6) is 0 Å². The number of nitrogens with two attached hydrogens (primary N) is 1. The molecule has 0 saturated heterocycles. The van der Waals surface area contributed by atoms with Gasteiger partial charge in [0.2, 0.25) is 5.91 Å². The minimum Gasteiger partial charge on any atom is -0.397 e. The molecule has 0 atom stereocenters. The van der Waals surface area contributed by atoms with Gasteiger partial charge in [0.05, 0.1) is 22.5 Å². The largest absolute Gasteiger partial charge is 0.397 e. The molecule has 1 aliphatic carbocycles. The molecule has 4 nitrogen and oxygen atoms in total. The van der Waals surface area contributed by atoms with E-state index in [1.165, 1.54) is 25.7 Å². The maximum atomic E-state index is 11.9. The van der Waals surface area contributed by atoms with Crippen LogP contribution in [0.1, 0.15) is 38.5 Å². The number of amides is 1. The summed E-state index contributed by atoms with van der Waals surface area (Å²) in [7, 11) is 0. The molecule has 0 aliphatic heterocycles. The van der Waals surface area contributed by atoms with E-state index in [0.29, 0.717) is 21.4 Å². The summed E-state index contributed by atoms with van der Waals surface area (Å²) in [6.07, 6.45) is 7.07. The average molecular weight is 331 g/mol. The highest BCUT2D eigenvalue weighted by molar-refractivity contribution is 6.37. The second kappa shape index (κ2) is 7.87. The first-order valence-corrected chi connectivity index (χ1v) is 7.98. The maximum Gasteiger partial charge on any atom is 0.250 e. The van der Waals surface area contributed by atoms with Gasteiger partial charge < -0.3 is 15.8 Å².